The van der Waals surface area contributed by atoms with Crippen LogP contribution in [0.1, 0.15) is 45.4 Å². The van der Waals surface area contributed by atoms with Gasteiger partial charge in [-0.15, -0.1) is 0 Å². The standard InChI is InChI=1S/C16H21NO2/c1-11(18)19-15(3-2-4-17)16-8-12-5-13(9-16)7-14(6-12)10-16/h2-3,12-15H,5-10H2,1H3/b3-2+. The number of ether oxygens (including phenoxy) is 1. The Kier molecular flexibility index (Phi) is 3.12. The third-order valence-electron chi connectivity index (χ3n) is 5.33. The van der Waals surface area contributed by atoms with Crippen molar-refractivity contribution in [1.29, 1.82) is 5.26 Å². The summed E-state index contributed by atoms with van der Waals surface area (Å²) in [5.41, 5.74) is 0.119. The Balaban J connectivity index is 1.86. The van der Waals surface area contributed by atoms with Crippen molar-refractivity contribution in [2.24, 2.45) is 23.2 Å². The van der Waals surface area contributed by atoms with Crippen LogP contribution in [0.5, 0.6) is 0 Å². The van der Waals surface area contributed by atoms with E-state index in [1.165, 1.54) is 51.5 Å². The van der Waals surface area contributed by atoms with Gasteiger partial charge in [-0.3, -0.25) is 4.79 Å². The lowest BCUT2D eigenvalue weighted by Crippen LogP contribution is -2.52. The SMILES string of the molecule is CC(=O)OC(/C=C/C#N)C12CC3CC(CC(C3)C1)C2. The van der Waals surface area contributed by atoms with Gasteiger partial charge in [-0.1, -0.05) is 0 Å². The fraction of sp³-hybridized carbons (Fsp3) is 0.750. The molecule has 4 saturated carbocycles. The van der Waals surface area contributed by atoms with Crippen molar-refractivity contribution in [1.82, 2.24) is 0 Å². The fourth-order valence-electron chi connectivity index (χ4n) is 5.20. The zero-order valence-corrected chi connectivity index (χ0v) is 11.5. The van der Waals surface area contributed by atoms with Gasteiger partial charge in [0, 0.05) is 18.4 Å². The molecule has 0 aromatic heterocycles. The van der Waals surface area contributed by atoms with Crippen molar-refractivity contribution in [3.05, 3.63) is 12.2 Å². The maximum atomic E-state index is 11.4. The van der Waals surface area contributed by atoms with Gasteiger partial charge in [0.1, 0.15) is 6.10 Å². The molecule has 19 heavy (non-hydrogen) atoms. The molecule has 0 aromatic rings. The number of hydrogen-bond acceptors (Lipinski definition) is 3. The second kappa shape index (κ2) is 4.67. The van der Waals surface area contributed by atoms with Crippen molar-refractivity contribution in [2.75, 3.05) is 0 Å². The second-order valence-corrected chi connectivity index (χ2v) is 6.80. The van der Waals surface area contributed by atoms with Crippen LogP contribution in [-0.2, 0) is 9.53 Å². The summed E-state index contributed by atoms with van der Waals surface area (Å²) in [6.07, 6.45) is 10.7. The molecule has 4 aliphatic rings. The highest BCUT2D eigenvalue weighted by atomic mass is 16.5. The zero-order valence-electron chi connectivity index (χ0n) is 11.5. The first-order chi connectivity index (χ1) is 9.11. The van der Waals surface area contributed by atoms with Crippen molar-refractivity contribution in [3.63, 3.8) is 0 Å². The molecular formula is C16H21NO2. The Bertz CT molecular complexity index is 411. The van der Waals surface area contributed by atoms with Gasteiger partial charge in [-0.25, -0.2) is 0 Å². The molecule has 0 aromatic carbocycles. The number of nitriles is 1. The van der Waals surface area contributed by atoms with E-state index in [-0.39, 0.29) is 17.5 Å². The van der Waals surface area contributed by atoms with Crippen LogP contribution in [0.2, 0.25) is 0 Å². The van der Waals surface area contributed by atoms with Gasteiger partial charge in [0.05, 0.1) is 6.07 Å². The Labute approximate surface area is 114 Å². The van der Waals surface area contributed by atoms with Crippen molar-refractivity contribution in [3.8, 4) is 6.07 Å². The molecule has 0 aliphatic heterocycles. The summed E-state index contributed by atoms with van der Waals surface area (Å²) in [5, 5.41) is 8.75. The van der Waals surface area contributed by atoms with Crippen molar-refractivity contribution >= 4 is 5.97 Å². The third kappa shape index (κ3) is 2.29. The highest BCUT2D eigenvalue weighted by Crippen LogP contribution is 2.61. The maximum absolute atomic E-state index is 11.4. The maximum Gasteiger partial charge on any atom is 0.303 e. The van der Waals surface area contributed by atoms with Crippen LogP contribution >= 0.6 is 0 Å². The number of esters is 1. The summed E-state index contributed by atoms with van der Waals surface area (Å²) in [6, 6.07) is 2.03. The summed E-state index contributed by atoms with van der Waals surface area (Å²) in [7, 11) is 0. The fourth-order valence-corrected chi connectivity index (χ4v) is 5.20. The topological polar surface area (TPSA) is 50.1 Å². The minimum Gasteiger partial charge on any atom is -0.458 e. The van der Waals surface area contributed by atoms with Crippen LogP contribution in [-0.4, -0.2) is 12.1 Å². The number of carbonyl (C=O) groups is 1. The normalized spacial score (nSPS) is 41.2. The van der Waals surface area contributed by atoms with Gasteiger partial charge in [-0.05, 0) is 62.4 Å². The molecule has 4 bridgehead atoms. The molecule has 1 unspecified atom stereocenters. The Morgan fingerprint density at radius 3 is 2.21 bits per heavy atom. The average Bonchev–Trinajstić information content (AvgIpc) is 2.32. The molecule has 0 heterocycles. The van der Waals surface area contributed by atoms with Crippen molar-refractivity contribution < 1.29 is 9.53 Å². The quantitative estimate of drug-likeness (QED) is 0.577. The lowest BCUT2D eigenvalue weighted by atomic mass is 9.48. The van der Waals surface area contributed by atoms with Gasteiger partial charge in [0.25, 0.3) is 0 Å². The molecule has 0 amide bonds. The Morgan fingerprint density at radius 1 is 1.26 bits per heavy atom. The number of hydrogen-bond donors (Lipinski definition) is 0. The predicted octanol–water partition coefficient (Wildman–Crippen LogP) is 3.21. The molecule has 4 fully saturated rings. The van der Waals surface area contributed by atoms with Crippen LogP contribution in [0.3, 0.4) is 0 Å². The molecule has 3 nitrogen and oxygen atoms in total. The van der Waals surface area contributed by atoms with E-state index in [4.69, 9.17) is 10.00 Å². The van der Waals surface area contributed by atoms with Crippen LogP contribution < -0.4 is 0 Å². The molecule has 4 aliphatic carbocycles. The van der Waals surface area contributed by atoms with E-state index in [1.807, 2.05) is 12.1 Å². The highest BCUT2D eigenvalue weighted by Gasteiger charge is 2.54. The monoisotopic (exact) mass is 259 g/mol. The number of rotatable bonds is 3. The summed E-state index contributed by atoms with van der Waals surface area (Å²) in [4.78, 5) is 11.4. The number of carbonyl (C=O) groups excluding carboxylic acids is 1. The van der Waals surface area contributed by atoms with Crippen LogP contribution in [0.15, 0.2) is 12.2 Å². The minimum absolute atomic E-state index is 0.119. The highest BCUT2D eigenvalue weighted by molar-refractivity contribution is 5.66. The van der Waals surface area contributed by atoms with E-state index in [0.717, 1.165) is 17.8 Å². The van der Waals surface area contributed by atoms with Gasteiger partial charge in [0.2, 0.25) is 0 Å². The molecule has 0 radical (unpaired) electrons. The molecule has 0 saturated heterocycles. The average molecular weight is 259 g/mol. The molecule has 1 atom stereocenters. The smallest absolute Gasteiger partial charge is 0.303 e. The molecule has 102 valence electrons. The van der Waals surface area contributed by atoms with E-state index < -0.39 is 0 Å². The molecule has 0 N–H and O–H groups in total. The first-order valence-corrected chi connectivity index (χ1v) is 7.35. The Hall–Kier alpha value is -1.30. The molecular weight excluding hydrogens is 238 g/mol. The van der Waals surface area contributed by atoms with Gasteiger partial charge < -0.3 is 4.74 Å². The largest absolute Gasteiger partial charge is 0.458 e. The van der Waals surface area contributed by atoms with Crippen molar-refractivity contribution in [2.45, 2.75) is 51.6 Å². The molecule has 0 spiro atoms. The lowest BCUT2D eigenvalue weighted by molar-refractivity contribution is -0.163. The molecule has 4 rings (SSSR count). The minimum atomic E-state index is -0.233. The first-order valence-electron chi connectivity index (χ1n) is 7.35. The van der Waals surface area contributed by atoms with E-state index in [0.29, 0.717) is 0 Å². The number of nitrogens with zero attached hydrogens (tertiary/aromatic N) is 1. The third-order valence-corrected chi connectivity index (χ3v) is 5.33. The number of allylic oxidation sites excluding steroid dienone is 1. The van der Waals surface area contributed by atoms with E-state index >= 15 is 0 Å². The van der Waals surface area contributed by atoms with Crippen LogP contribution in [0.4, 0.5) is 0 Å². The molecule has 3 heteroatoms. The van der Waals surface area contributed by atoms with Gasteiger partial charge >= 0.3 is 5.97 Å². The van der Waals surface area contributed by atoms with Crippen LogP contribution in [0, 0.1) is 34.5 Å². The summed E-state index contributed by atoms with van der Waals surface area (Å²) < 4.78 is 5.56. The van der Waals surface area contributed by atoms with Crippen LogP contribution in [0.25, 0.3) is 0 Å². The van der Waals surface area contributed by atoms with E-state index in [2.05, 4.69) is 0 Å². The van der Waals surface area contributed by atoms with Gasteiger partial charge in [0.15, 0.2) is 0 Å². The zero-order chi connectivity index (χ0) is 13.5. The second-order valence-electron chi connectivity index (χ2n) is 6.80. The Morgan fingerprint density at radius 2 is 1.79 bits per heavy atom. The lowest BCUT2D eigenvalue weighted by Gasteiger charge is -2.58. The predicted molar refractivity (Wildman–Crippen MR) is 70.9 cm³/mol. The van der Waals surface area contributed by atoms with E-state index in [9.17, 15) is 4.79 Å². The van der Waals surface area contributed by atoms with E-state index in [1.54, 1.807) is 0 Å². The summed E-state index contributed by atoms with van der Waals surface area (Å²) >= 11 is 0. The first kappa shape index (κ1) is 12.7. The summed E-state index contributed by atoms with van der Waals surface area (Å²) in [5.74, 6) is 2.22. The summed E-state index contributed by atoms with van der Waals surface area (Å²) in [6.45, 7) is 1.47. The van der Waals surface area contributed by atoms with Gasteiger partial charge in [-0.2, -0.15) is 5.26 Å².